The van der Waals surface area contributed by atoms with Crippen LogP contribution in [-0.2, 0) is 12.8 Å². The molecule has 3 nitrogen and oxygen atoms in total. The van der Waals surface area contributed by atoms with Crippen molar-refractivity contribution in [3.05, 3.63) is 28.8 Å². The molecular formula is C15H27BN2O. The highest BCUT2D eigenvalue weighted by Gasteiger charge is 2.15. The van der Waals surface area contributed by atoms with E-state index in [-0.39, 0.29) is 11.9 Å². The topological polar surface area (TPSA) is 72.3 Å². The van der Waals surface area contributed by atoms with Crippen LogP contribution in [0.4, 0.5) is 5.69 Å². The number of anilines is 1. The van der Waals surface area contributed by atoms with Crippen LogP contribution in [0.25, 0.3) is 0 Å². The van der Waals surface area contributed by atoms with Gasteiger partial charge in [-0.3, -0.25) is 0 Å². The van der Waals surface area contributed by atoms with Crippen LogP contribution in [0, 0.1) is 0 Å². The van der Waals surface area contributed by atoms with E-state index in [0.29, 0.717) is 6.54 Å². The van der Waals surface area contributed by atoms with Crippen molar-refractivity contribution in [3.63, 3.8) is 0 Å². The number of hydrogen-bond donors (Lipinski definition) is 3. The molecule has 0 saturated heterocycles. The quantitative estimate of drug-likeness (QED) is 0.510. The molecule has 4 heteroatoms. The Morgan fingerprint density at radius 2 is 1.89 bits per heavy atom. The van der Waals surface area contributed by atoms with E-state index in [1.54, 1.807) is 0 Å². The standard InChI is InChI=1S/C15H27BN2O/c1-3-4-11-7-8-12(6-5-10(2)19)15(18)14(11)13(16)9-17/h7-8,10,13,19H,3-6,9,16-18H2,1-2H3. The molecule has 0 radical (unpaired) electrons. The van der Waals surface area contributed by atoms with Gasteiger partial charge in [-0.15, -0.1) is 0 Å². The normalized spacial score (nSPS) is 14.3. The van der Waals surface area contributed by atoms with Crippen LogP contribution < -0.4 is 11.5 Å². The monoisotopic (exact) mass is 262 g/mol. The van der Waals surface area contributed by atoms with Crippen molar-refractivity contribution in [2.24, 2.45) is 5.73 Å². The fraction of sp³-hybridized carbons (Fsp3) is 0.600. The predicted octanol–water partition coefficient (Wildman–Crippen LogP) is 1.17. The minimum Gasteiger partial charge on any atom is -0.398 e. The zero-order chi connectivity index (χ0) is 14.4. The zero-order valence-corrected chi connectivity index (χ0v) is 12.4. The first kappa shape index (κ1) is 16.1. The highest BCUT2D eigenvalue weighted by atomic mass is 16.3. The number of nitrogen functional groups attached to an aromatic ring is 1. The van der Waals surface area contributed by atoms with E-state index >= 15 is 0 Å². The molecule has 1 rings (SSSR count). The molecule has 0 bridgehead atoms. The van der Waals surface area contributed by atoms with E-state index in [9.17, 15) is 5.11 Å². The molecule has 0 fully saturated rings. The average molecular weight is 262 g/mol. The molecule has 0 aromatic heterocycles. The fourth-order valence-corrected chi connectivity index (χ4v) is 2.50. The van der Waals surface area contributed by atoms with Gasteiger partial charge in [0.2, 0.25) is 0 Å². The lowest BCUT2D eigenvalue weighted by Crippen LogP contribution is -2.17. The van der Waals surface area contributed by atoms with E-state index in [1.165, 1.54) is 11.1 Å². The van der Waals surface area contributed by atoms with Crippen molar-refractivity contribution < 1.29 is 5.11 Å². The number of rotatable bonds is 7. The maximum absolute atomic E-state index is 9.41. The summed E-state index contributed by atoms with van der Waals surface area (Å²) in [6.45, 7) is 4.60. The average Bonchev–Trinajstić information content (AvgIpc) is 2.37. The summed E-state index contributed by atoms with van der Waals surface area (Å²) in [5.74, 6) is 0.285. The third-order valence-corrected chi connectivity index (χ3v) is 3.66. The van der Waals surface area contributed by atoms with Gasteiger partial charge in [0.25, 0.3) is 0 Å². The second kappa shape index (κ2) is 7.56. The molecule has 2 atom stereocenters. The Balaban J connectivity index is 3.09. The second-order valence-electron chi connectivity index (χ2n) is 5.49. The van der Waals surface area contributed by atoms with Crippen LogP contribution >= 0.6 is 0 Å². The van der Waals surface area contributed by atoms with Gasteiger partial charge in [-0.1, -0.05) is 25.5 Å². The predicted molar refractivity (Wildman–Crippen MR) is 85.2 cm³/mol. The first-order valence-electron chi connectivity index (χ1n) is 7.29. The number of aliphatic hydroxyl groups excluding tert-OH is 1. The lowest BCUT2D eigenvalue weighted by Gasteiger charge is -2.20. The summed E-state index contributed by atoms with van der Waals surface area (Å²) in [6, 6.07) is 4.29. The Bertz CT molecular complexity index is 407. The minimum atomic E-state index is -0.287. The molecule has 0 aliphatic heterocycles. The van der Waals surface area contributed by atoms with E-state index in [2.05, 4.69) is 26.9 Å². The number of aliphatic hydroxyl groups is 1. The Labute approximate surface area is 117 Å². The van der Waals surface area contributed by atoms with Crippen LogP contribution in [0.15, 0.2) is 12.1 Å². The number of benzene rings is 1. The number of nitrogens with two attached hydrogens (primary N) is 2. The Morgan fingerprint density at radius 3 is 2.42 bits per heavy atom. The molecule has 0 amide bonds. The summed E-state index contributed by atoms with van der Waals surface area (Å²) in [5.41, 5.74) is 16.7. The molecule has 0 aliphatic carbocycles. The smallest absolute Gasteiger partial charge is 0.112 e. The summed E-state index contributed by atoms with van der Waals surface area (Å²) >= 11 is 0. The van der Waals surface area contributed by atoms with Gasteiger partial charge in [0.15, 0.2) is 0 Å². The van der Waals surface area contributed by atoms with Gasteiger partial charge in [-0.05, 0) is 55.2 Å². The van der Waals surface area contributed by atoms with Crippen LogP contribution in [0.3, 0.4) is 0 Å². The van der Waals surface area contributed by atoms with Gasteiger partial charge >= 0.3 is 0 Å². The van der Waals surface area contributed by atoms with Gasteiger partial charge in [-0.2, -0.15) is 0 Å². The van der Waals surface area contributed by atoms with Crippen molar-refractivity contribution in [2.75, 3.05) is 12.3 Å². The van der Waals surface area contributed by atoms with Gasteiger partial charge in [-0.25, -0.2) is 0 Å². The van der Waals surface area contributed by atoms with Crippen LogP contribution in [0.5, 0.6) is 0 Å². The molecule has 2 unspecified atom stereocenters. The van der Waals surface area contributed by atoms with Gasteiger partial charge in [0, 0.05) is 5.69 Å². The highest BCUT2D eigenvalue weighted by Crippen LogP contribution is 2.29. The Kier molecular flexibility index (Phi) is 6.39. The molecule has 106 valence electrons. The lowest BCUT2D eigenvalue weighted by atomic mass is 9.76. The van der Waals surface area contributed by atoms with Crippen LogP contribution in [0.1, 0.15) is 49.2 Å². The van der Waals surface area contributed by atoms with Crippen molar-refractivity contribution >= 4 is 13.5 Å². The molecular weight excluding hydrogens is 235 g/mol. The van der Waals surface area contributed by atoms with Crippen molar-refractivity contribution in [2.45, 2.75) is 51.5 Å². The summed E-state index contributed by atoms with van der Waals surface area (Å²) in [5, 5.41) is 9.41. The molecule has 0 heterocycles. The highest BCUT2D eigenvalue weighted by molar-refractivity contribution is 6.13. The second-order valence-corrected chi connectivity index (χ2v) is 5.49. The number of aryl methyl sites for hydroxylation is 2. The van der Waals surface area contributed by atoms with E-state index < -0.39 is 0 Å². The third kappa shape index (κ3) is 4.25. The molecule has 0 spiro atoms. The maximum Gasteiger partial charge on any atom is 0.112 e. The van der Waals surface area contributed by atoms with E-state index in [4.69, 9.17) is 11.5 Å². The minimum absolute atomic E-state index is 0.285. The Morgan fingerprint density at radius 1 is 1.26 bits per heavy atom. The van der Waals surface area contributed by atoms with Gasteiger partial charge in [0.1, 0.15) is 7.85 Å². The first-order valence-corrected chi connectivity index (χ1v) is 7.29. The van der Waals surface area contributed by atoms with Gasteiger partial charge in [0.05, 0.1) is 6.10 Å². The van der Waals surface area contributed by atoms with Crippen LogP contribution in [0.2, 0.25) is 0 Å². The van der Waals surface area contributed by atoms with Crippen LogP contribution in [-0.4, -0.2) is 25.6 Å². The molecule has 0 aliphatic rings. The molecule has 1 aromatic rings. The Hall–Kier alpha value is -0.995. The van der Waals surface area contributed by atoms with E-state index in [0.717, 1.165) is 36.9 Å². The lowest BCUT2D eigenvalue weighted by molar-refractivity contribution is 0.185. The summed E-state index contributed by atoms with van der Waals surface area (Å²) in [6.07, 6.45) is 3.43. The SMILES string of the molecule is BC(CN)c1c(CCC)ccc(CCC(C)O)c1N. The van der Waals surface area contributed by atoms with E-state index in [1.807, 2.05) is 6.92 Å². The summed E-state index contributed by atoms with van der Waals surface area (Å²) in [4.78, 5) is 0. The zero-order valence-electron chi connectivity index (χ0n) is 12.4. The molecule has 19 heavy (non-hydrogen) atoms. The summed E-state index contributed by atoms with van der Waals surface area (Å²) < 4.78 is 0. The third-order valence-electron chi connectivity index (χ3n) is 3.66. The largest absolute Gasteiger partial charge is 0.398 e. The first-order chi connectivity index (χ1) is 9.01. The maximum atomic E-state index is 9.41. The van der Waals surface area contributed by atoms with Crippen molar-refractivity contribution in [1.82, 2.24) is 0 Å². The molecule has 0 saturated carbocycles. The van der Waals surface area contributed by atoms with Gasteiger partial charge < -0.3 is 16.6 Å². The summed E-state index contributed by atoms with van der Waals surface area (Å²) in [7, 11) is 2.13. The fourth-order valence-electron chi connectivity index (χ4n) is 2.50. The van der Waals surface area contributed by atoms with Crippen molar-refractivity contribution in [1.29, 1.82) is 0 Å². The molecule has 1 aromatic carbocycles. The van der Waals surface area contributed by atoms with Crippen molar-refractivity contribution in [3.8, 4) is 0 Å². The molecule has 5 N–H and O–H groups in total. The number of hydrogen-bond acceptors (Lipinski definition) is 3.